The predicted molar refractivity (Wildman–Crippen MR) is 95.0 cm³/mol. The van der Waals surface area contributed by atoms with Crippen molar-refractivity contribution in [2.45, 2.75) is 32.9 Å². The molecule has 1 N–H and O–H groups in total. The largest absolute Gasteiger partial charge is 0.497 e. The quantitative estimate of drug-likeness (QED) is 0.838. The van der Waals surface area contributed by atoms with Gasteiger partial charge in [-0.1, -0.05) is 30.3 Å². The van der Waals surface area contributed by atoms with Crippen LogP contribution in [0, 0.1) is 0 Å². The molecule has 2 aromatic carbocycles. The maximum Gasteiger partial charge on any atom is 0.426 e. The highest BCUT2D eigenvalue weighted by Gasteiger charge is 2.19. The maximum absolute atomic E-state index is 12.2. The fraction of sp³-hybridized carbons (Fsp3) is 0.316. The van der Waals surface area contributed by atoms with Crippen LogP contribution in [0.3, 0.4) is 0 Å². The topological polar surface area (TPSA) is 50.8 Å². The molecule has 0 radical (unpaired) electrons. The van der Waals surface area contributed by atoms with Gasteiger partial charge in [0.2, 0.25) is 0 Å². The Kier molecular flexibility index (Phi) is 5.68. The first-order valence-electron chi connectivity index (χ1n) is 7.82. The molecule has 0 aromatic heterocycles. The Labute approximate surface area is 143 Å². The van der Waals surface area contributed by atoms with Gasteiger partial charge in [0.1, 0.15) is 11.4 Å². The molecule has 0 aliphatic carbocycles. The molecule has 0 saturated heterocycles. The van der Waals surface area contributed by atoms with Gasteiger partial charge in [-0.25, -0.2) is 10.2 Å². The van der Waals surface area contributed by atoms with Gasteiger partial charge in [-0.3, -0.25) is 5.01 Å². The highest BCUT2D eigenvalue weighted by atomic mass is 16.6. The Bertz CT molecular complexity index is 649. The Morgan fingerprint density at radius 2 is 1.67 bits per heavy atom. The van der Waals surface area contributed by atoms with Crippen molar-refractivity contribution in [3.8, 4) is 5.75 Å². The normalized spacial score (nSPS) is 10.8. The summed E-state index contributed by atoms with van der Waals surface area (Å²) >= 11 is 0. The highest BCUT2D eigenvalue weighted by Crippen LogP contribution is 2.20. The van der Waals surface area contributed by atoms with Gasteiger partial charge in [-0.15, -0.1) is 0 Å². The molecule has 0 saturated carbocycles. The van der Waals surface area contributed by atoms with E-state index in [1.165, 1.54) is 0 Å². The number of hydrazine groups is 1. The second kappa shape index (κ2) is 7.73. The molecule has 0 unspecified atom stereocenters. The van der Waals surface area contributed by atoms with Gasteiger partial charge < -0.3 is 9.47 Å². The standard InChI is InChI=1S/C19H24N2O3/c1-19(2,3)24-18(22)20-21(14-15-8-6-5-7-9-15)16-10-12-17(23-4)13-11-16/h5-13H,14H2,1-4H3,(H,20,22). The minimum atomic E-state index is -0.553. The van der Waals surface area contributed by atoms with E-state index in [1.54, 1.807) is 12.1 Å². The number of anilines is 1. The molecule has 0 spiro atoms. The average molecular weight is 328 g/mol. The van der Waals surface area contributed by atoms with Crippen LogP contribution in [0.2, 0.25) is 0 Å². The number of methoxy groups -OCH3 is 1. The molecular formula is C19H24N2O3. The zero-order valence-electron chi connectivity index (χ0n) is 14.6. The second-order valence-corrected chi connectivity index (χ2v) is 6.38. The van der Waals surface area contributed by atoms with Gasteiger partial charge in [0.25, 0.3) is 0 Å². The summed E-state index contributed by atoms with van der Waals surface area (Å²) in [5.74, 6) is 0.760. The number of hydrogen-bond acceptors (Lipinski definition) is 4. The van der Waals surface area contributed by atoms with Crippen LogP contribution < -0.4 is 15.2 Å². The molecule has 2 aromatic rings. The van der Waals surface area contributed by atoms with Crippen LogP contribution in [0.5, 0.6) is 5.75 Å². The van der Waals surface area contributed by atoms with E-state index < -0.39 is 11.7 Å². The predicted octanol–water partition coefficient (Wildman–Crippen LogP) is 4.14. The fourth-order valence-electron chi connectivity index (χ4n) is 2.13. The Balaban J connectivity index is 2.18. The summed E-state index contributed by atoms with van der Waals surface area (Å²) in [5, 5.41) is 1.75. The van der Waals surface area contributed by atoms with E-state index in [4.69, 9.17) is 9.47 Å². The van der Waals surface area contributed by atoms with E-state index in [2.05, 4.69) is 5.43 Å². The first-order valence-corrected chi connectivity index (χ1v) is 7.82. The number of hydrogen-bond donors (Lipinski definition) is 1. The van der Waals surface area contributed by atoms with Gasteiger partial charge in [0, 0.05) is 0 Å². The van der Waals surface area contributed by atoms with Gasteiger partial charge in [0.05, 0.1) is 19.3 Å². The summed E-state index contributed by atoms with van der Waals surface area (Å²) in [4.78, 5) is 12.2. The first kappa shape index (κ1) is 17.7. The zero-order chi connectivity index (χ0) is 17.6. The van der Waals surface area contributed by atoms with Crippen LogP contribution >= 0.6 is 0 Å². The number of benzene rings is 2. The third-order valence-electron chi connectivity index (χ3n) is 3.19. The zero-order valence-corrected chi connectivity index (χ0v) is 14.6. The number of amides is 1. The van der Waals surface area contributed by atoms with Gasteiger partial charge in [-0.2, -0.15) is 0 Å². The molecule has 24 heavy (non-hydrogen) atoms. The third-order valence-corrected chi connectivity index (χ3v) is 3.19. The van der Waals surface area contributed by atoms with Crippen molar-refractivity contribution < 1.29 is 14.3 Å². The summed E-state index contributed by atoms with van der Waals surface area (Å²) < 4.78 is 10.5. The van der Waals surface area contributed by atoms with E-state index in [0.29, 0.717) is 6.54 Å². The SMILES string of the molecule is COc1ccc(N(Cc2ccccc2)NC(=O)OC(C)(C)C)cc1. The lowest BCUT2D eigenvalue weighted by Crippen LogP contribution is -2.44. The van der Waals surface area contributed by atoms with E-state index in [-0.39, 0.29) is 0 Å². The number of nitrogens with one attached hydrogen (secondary N) is 1. The lowest BCUT2D eigenvalue weighted by atomic mass is 10.2. The minimum absolute atomic E-state index is 0.491. The van der Waals surface area contributed by atoms with Crippen LogP contribution in [0.25, 0.3) is 0 Å². The smallest absolute Gasteiger partial charge is 0.426 e. The van der Waals surface area contributed by atoms with Gasteiger partial charge >= 0.3 is 6.09 Å². The molecule has 1 amide bonds. The van der Waals surface area contributed by atoms with Crippen LogP contribution in [-0.2, 0) is 11.3 Å². The van der Waals surface area contributed by atoms with E-state index in [0.717, 1.165) is 17.0 Å². The number of carbonyl (C=O) groups excluding carboxylic acids is 1. The Morgan fingerprint density at radius 1 is 1.04 bits per heavy atom. The van der Waals surface area contributed by atoms with Gasteiger partial charge in [-0.05, 0) is 50.6 Å². The third kappa shape index (κ3) is 5.50. The van der Waals surface area contributed by atoms with Crippen molar-refractivity contribution in [3.63, 3.8) is 0 Å². The summed E-state index contributed by atoms with van der Waals surface area (Å²) in [6.45, 7) is 6.02. The fourth-order valence-corrected chi connectivity index (χ4v) is 2.13. The Hall–Kier alpha value is -2.69. The van der Waals surface area contributed by atoms with Crippen molar-refractivity contribution >= 4 is 11.8 Å². The highest BCUT2D eigenvalue weighted by molar-refractivity contribution is 5.70. The van der Waals surface area contributed by atoms with Crippen molar-refractivity contribution in [3.05, 3.63) is 60.2 Å². The number of rotatable bonds is 5. The van der Waals surface area contributed by atoms with Crippen molar-refractivity contribution in [1.82, 2.24) is 5.43 Å². The van der Waals surface area contributed by atoms with E-state index >= 15 is 0 Å². The molecule has 0 bridgehead atoms. The van der Waals surface area contributed by atoms with E-state index in [1.807, 2.05) is 75.4 Å². The number of nitrogens with zero attached hydrogens (tertiary/aromatic N) is 1. The average Bonchev–Trinajstić information content (AvgIpc) is 2.53. The summed E-state index contributed by atoms with van der Waals surface area (Å²) in [6.07, 6.45) is -0.491. The molecule has 0 heterocycles. The van der Waals surface area contributed by atoms with Crippen LogP contribution in [-0.4, -0.2) is 18.8 Å². The first-order chi connectivity index (χ1) is 11.4. The molecule has 5 heteroatoms. The number of ether oxygens (including phenoxy) is 2. The van der Waals surface area contributed by atoms with Crippen LogP contribution in [0.1, 0.15) is 26.3 Å². The second-order valence-electron chi connectivity index (χ2n) is 6.38. The number of carbonyl (C=O) groups is 1. The monoisotopic (exact) mass is 328 g/mol. The molecule has 0 atom stereocenters. The van der Waals surface area contributed by atoms with Crippen LogP contribution in [0.15, 0.2) is 54.6 Å². The van der Waals surface area contributed by atoms with Gasteiger partial charge in [0.15, 0.2) is 0 Å². The molecular weight excluding hydrogens is 304 g/mol. The van der Waals surface area contributed by atoms with E-state index in [9.17, 15) is 4.79 Å². The molecule has 0 aliphatic rings. The molecule has 5 nitrogen and oxygen atoms in total. The summed E-state index contributed by atoms with van der Waals surface area (Å²) in [6, 6.07) is 17.4. The summed E-state index contributed by atoms with van der Waals surface area (Å²) in [5.41, 5.74) is 4.17. The van der Waals surface area contributed by atoms with Crippen molar-refractivity contribution in [1.29, 1.82) is 0 Å². The molecule has 2 rings (SSSR count). The summed E-state index contributed by atoms with van der Waals surface area (Å²) in [7, 11) is 1.62. The molecule has 0 fully saturated rings. The lowest BCUT2D eigenvalue weighted by Gasteiger charge is -2.28. The van der Waals surface area contributed by atoms with Crippen molar-refractivity contribution in [2.24, 2.45) is 0 Å². The lowest BCUT2D eigenvalue weighted by molar-refractivity contribution is 0.0520. The van der Waals surface area contributed by atoms with Crippen molar-refractivity contribution in [2.75, 3.05) is 12.1 Å². The molecule has 128 valence electrons. The Morgan fingerprint density at radius 3 is 2.21 bits per heavy atom. The molecule has 0 aliphatic heterocycles. The minimum Gasteiger partial charge on any atom is -0.497 e. The van der Waals surface area contributed by atoms with Crippen LogP contribution in [0.4, 0.5) is 10.5 Å². The maximum atomic E-state index is 12.2.